The third-order valence-corrected chi connectivity index (χ3v) is 7.93. The lowest BCUT2D eigenvalue weighted by molar-refractivity contribution is -0.144. The van der Waals surface area contributed by atoms with Gasteiger partial charge in [-0.25, -0.2) is 4.79 Å². The quantitative estimate of drug-likeness (QED) is 0.500. The largest absolute Gasteiger partial charge is 0.481 e. The molecule has 7 nitrogen and oxygen atoms in total. The van der Waals surface area contributed by atoms with E-state index in [2.05, 4.69) is 34.9 Å². The van der Waals surface area contributed by atoms with Crippen molar-refractivity contribution in [2.24, 2.45) is 17.8 Å². The second kappa shape index (κ2) is 10.1. The highest BCUT2D eigenvalue weighted by Gasteiger charge is 2.35. The number of hydrogen-bond acceptors (Lipinski definition) is 4. The van der Waals surface area contributed by atoms with Crippen LogP contribution in [0.4, 0.5) is 4.79 Å². The van der Waals surface area contributed by atoms with Gasteiger partial charge in [0.1, 0.15) is 6.61 Å². The molecule has 184 valence electrons. The SMILES string of the molecule is O=C(CC1CC(NC(=O)OCC2c3ccccc3-c3ccccc32)C1)NCC(C(=O)O)C1CCC1. The molecule has 2 saturated carbocycles. The maximum atomic E-state index is 12.4. The number of aliphatic carboxylic acids is 1. The molecule has 0 aliphatic heterocycles. The van der Waals surface area contributed by atoms with Gasteiger partial charge in [0.2, 0.25) is 5.91 Å². The van der Waals surface area contributed by atoms with Gasteiger partial charge in [-0.2, -0.15) is 0 Å². The summed E-state index contributed by atoms with van der Waals surface area (Å²) in [5.41, 5.74) is 4.75. The van der Waals surface area contributed by atoms with Gasteiger partial charge in [-0.15, -0.1) is 0 Å². The highest BCUT2D eigenvalue weighted by atomic mass is 16.5. The average Bonchev–Trinajstić information content (AvgIpc) is 3.11. The molecule has 0 bridgehead atoms. The van der Waals surface area contributed by atoms with Gasteiger partial charge in [0.25, 0.3) is 0 Å². The van der Waals surface area contributed by atoms with Crippen LogP contribution in [-0.2, 0) is 14.3 Å². The predicted molar refractivity (Wildman–Crippen MR) is 131 cm³/mol. The fraction of sp³-hybridized carbons (Fsp3) is 0.464. The van der Waals surface area contributed by atoms with Gasteiger partial charge >= 0.3 is 12.1 Å². The van der Waals surface area contributed by atoms with E-state index in [0.29, 0.717) is 6.42 Å². The summed E-state index contributed by atoms with van der Waals surface area (Å²) in [6, 6.07) is 16.5. The third-order valence-electron chi connectivity index (χ3n) is 7.93. The number of alkyl carbamates (subject to hydrolysis) is 1. The van der Waals surface area contributed by atoms with Crippen LogP contribution >= 0.6 is 0 Å². The number of rotatable bonds is 9. The number of carbonyl (C=O) groups is 3. The Morgan fingerprint density at radius 3 is 2.17 bits per heavy atom. The summed E-state index contributed by atoms with van der Waals surface area (Å²) in [7, 11) is 0. The Morgan fingerprint density at radius 1 is 0.971 bits per heavy atom. The van der Waals surface area contributed by atoms with Crippen molar-refractivity contribution in [3.05, 3.63) is 59.7 Å². The molecule has 1 atom stereocenters. The van der Waals surface area contributed by atoms with Crippen LogP contribution in [0.1, 0.15) is 55.6 Å². The van der Waals surface area contributed by atoms with Gasteiger partial charge in [-0.05, 0) is 59.8 Å². The first-order chi connectivity index (χ1) is 17.0. The Kier molecular flexibility index (Phi) is 6.75. The average molecular weight is 477 g/mol. The van der Waals surface area contributed by atoms with Gasteiger partial charge in [-0.1, -0.05) is 55.0 Å². The zero-order valence-electron chi connectivity index (χ0n) is 19.7. The smallest absolute Gasteiger partial charge is 0.407 e. The summed E-state index contributed by atoms with van der Waals surface area (Å²) in [6.45, 7) is 0.483. The van der Waals surface area contributed by atoms with E-state index in [1.807, 2.05) is 24.3 Å². The minimum Gasteiger partial charge on any atom is -0.481 e. The molecule has 1 unspecified atom stereocenters. The molecule has 3 aliphatic rings. The van der Waals surface area contributed by atoms with E-state index in [0.717, 1.165) is 32.1 Å². The van der Waals surface area contributed by atoms with Gasteiger partial charge in [-0.3, -0.25) is 9.59 Å². The van der Waals surface area contributed by atoms with Crippen molar-refractivity contribution >= 4 is 18.0 Å². The fourth-order valence-electron chi connectivity index (χ4n) is 5.68. The van der Waals surface area contributed by atoms with Gasteiger partial charge in [0, 0.05) is 24.9 Å². The first-order valence-corrected chi connectivity index (χ1v) is 12.6. The highest BCUT2D eigenvalue weighted by Crippen LogP contribution is 2.44. The molecule has 3 aliphatic carbocycles. The summed E-state index contributed by atoms with van der Waals surface area (Å²) in [4.78, 5) is 36.1. The molecule has 0 aromatic heterocycles. The van der Waals surface area contributed by atoms with E-state index in [4.69, 9.17) is 4.74 Å². The number of fused-ring (bicyclic) bond motifs is 3. The molecule has 0 heterocycles. The van der Waals surface area contributed by atoms with Crippen LogP contribution in [0.25, 0.3) is 11.1 Å². The predicted octanol–water partition coefficient (Wildman–Crippen LogP) is 4.31. The number of amides is 2. The Labute approximate surface area is 205 Å². The molecular formula is C28H32N2O5. The molecule has 5 rings (SSSR count). The monoisotopic (exact) mass is 476 g/mol. The lowest BCUT2D eigenvalue weighted by Crippen LogP contribution is -2.46. The molecule has 2 amide bonds. The van der Waals surface area contributed by atoms with Crippen LogP contribution in [0, 0.1) is 17.8 Å². The van der Waals surface area contributed by atoms with E-state index in [1.165, 1.54) is 22.3 Å². The number of hydrogen-bond donors (Lipinski definition) is 3. The third kappa shape index (κ3) is 5.04. The van der Waals surface area contributed by atoms with E-state index in [-0.39, 0.29) is 42.9 Å². The van der Waals surface area contributed by atoms with Crippen LogP contribution in [0.3, 0.4) is 0 Å². The summed E-state index contributed by atoms with van der Waals surface area (Å²) >= 11 is 0. The molecule has 2 aromatic carbocycles. The number of carboxylic acids is 1. The molecular weight excluding hydrogens is 444 g/mol. The Balaban J connectivity index is 1.03. The van der Waals surface area contributed by atoms with Gasteiger partial charge in [0.05, 0.1) is 5.92 Å². The van der Waals surface area contributed by atoms with Crippen molar-refractivity contribution in [2.45, 2.75) is 50.5 Å². The van der Waals surface area contributed by atoms with E-state index < -0.39 is 18.0 Å². The van der Waals surface area contributed by atoms with Gasteiger partial charge < -0.3 is 20.5 Å². The van der Waals surface area contributed by atoms with Crippen LogP contribution in [0.5, 0.6) is 0 Å². The highest BCUT2D eigenvalue weighted by molar-refractivity contribution is 5.79. The zero-order valence-corrected chi connectivity index (χ0v) is 19.7. The second-order valence-electron chi connectivity index (χ2n) is 10.1. The van der Waals surface area contributed by atoms with Crippen LogP contribution in [0.15, 0.2) is 48.5 Å². The molecule has 0 saturated heterocycles. The van der Waals surface area contributed by atoms with Crippen molar-refractivity contribution < 1.29 is 24.2 Å². The standard InChI is InChI=1S/C28H32N2O5/c31-26(29-15-24(27(32)33)18-6-5-7-18)14-17-12-19(13-17)30-28(34)35-16-25-22-10-3-1-8-20(22)21-9-2-4-11-23(21)25/h1-4,8-11,17-19,24-25H,5-7,12-16H2,(H,29,31)(H,30,34)(H,32,33). The molecule has 2 fully saturated rings. The van der Waals surface area contributed by atoms with E-state index in [9.17, 15) is 19.5 Å². The molecule has 35 heavy (non-hydrogen) atoms. The first-order valence-electron chi connectivity index (χ1n) is 12.6. The normalized spacial score (nSPS) is 21.6. The summed E-state index contributed by atoms with van der Waals surface area (Å²) in [5, 5.41) is 15.1. The second-order valence-corrected chi connectivity index (χ2v) is 10.1. The van der Waals surface area contributed by atoms with E-state index >= 15 is 0 Å². The fourth-order valence-corrected chi connectivity index (χ4v) is 5.68. The molecule has 3 N–H and O–H groups in total. The lowest BCUT2D eigenvalue weighted by Gasteiger charge is -2.35. The number of carbonyl (C=O) groups excluding carboxylic acids is 2. The number of nitrogens with one attached hydrogen (secondary N) is 2. The lowest BCUT2D eigenvalue weighted by atomic mass is 9.75. The van der Waals surface area contributed by atoms with Crippen molar-refractivity contribution in [1.82, 2.24) is 10.6 Å². The van der Waals surface area contributed by atoms with Crippen molar-refractivity contribution in [1.29, 1.82) is 0 Å². The zero-order chi connectivity index (χ0) is 24.4. The summed E-state index contributed by atoms with van der Waals surface area (Å²) in [6.07, 6.45) is 4.31. The Morgan fingerprint density at radius 2 is 1.60 bits per heavy atom. The maximum absolute atomic E-state index is 12.4. The number of ether oxygens (including phenoxy) is 1. The first kappa shape index (κ1) is 23.4. The minimum atomic E-state index is -0.828. The topological polar surface area (TPSA) is 105 Å². The summed E-state index contributed by atoms with van der Waals surface area (Å²) < 4.78 is 5.60. The Hall–Kier alpha value is -3.35. The summed E-state index contributed by atoms with van der Waals surface area (Å²) in [5.74, 6) is -1.02. The number of benzene rings is 2. The molecule has 0 radical (unpaired) electrons. The Bertz CT molecular complexity index is 1060. The molecule has 7 heteroatoms. The maximum Gasteiger partial charge on any atom is 0.407 e. The van der Waals surface area contributed by atoms with Crippen molar-refractivity contribution in [2.75, 3.05) is 13.2 Å². The van der Waals surface area contributed by atoms with Crippen molar-refractivity contribution in [3.8, 4) is 11.1 Å². The minimum absolute atomic E-state index is 0.00481. The van der Waals surface area contributed by atoms with Crippen LogP contribution < -0.4 is 10.6 Å². The van der Waals surface area contributed by atoms with Gasteiger partial charge in [0.15, 0.2) is 0 Å². The molecule has 2 aromatic rings. The molecule has 0 spiro atoms. The van der Waals surface area contributed by atoms with Crippen molar-refractivity contribution in [3.63, 3.8) is 0 Å². The number of carboxylic acid groups (broad SMARTS) is 1. The van der Waals surface area contributed by atoms with Crippen LogP contribution in [0.2, 0.25) is 0 Å². The van der Waals surface area contributed by atoms with Crippen LogP contribution in [-0.4, -0.2) is 42.3 Å². The van der Waals surface area contributed by atoms with E-state index in [1.54, 1.807) is 0 Å².